The van der Waals surface area contributed by atoms with Gasteiger partial charge in [-0.05, 0) is 73.0 Å². The summed E-state index contributed by atoms with van der Waals surface area (Å²) in [6.07, 6.45) is 8.22. The second-order valence-electron chi connectivity index (χ2n) is 6.47. The molecule has 2 atom stereocenters. The Balaban J connectivity index is 1.69. The molecular weight excluding hydrogens is 274 g/mol. The summed E-state index contributed by atoms with van der Waals surface area (Å²) in [6, 6.07) is 8.89. The second kappa shape index (κ2) is 7.42. The van der Waals surface area contributed by atoms with Crippen molar-refractivity contribution in [1.29, 1.82) is 0 Å². The number of rotatable bonds is 6. The van der Waals surface area contributed by atoms with Crippen LogP contribution in [0.2, 0.25) is 0 Å². The van der Waals surface area contributed by atoms with Gasteiger partial charge < -0.3 is 5.32 Å². The lowest BCUT2D eigenvalue weighted by molar-refractivity contribution is 0.229. The van der Waals surface area contributed by atoms with Crippen molar-refractivity contribution in [3.05, 3.63) is 35.2 Å². The largest absolute Gasteiger partial charge is 0.316 e. The van der Waals surface area contributed by atoms with Crippen LogP contribution in [0.15, 0.2) is 29.6 Å². The summed E-state index contributed by atoms with van der Waals surface area (Å²) in [7, 11) is 0. The maximum atomic E-state index is 3.65. The third kappa shape index (κ3) is 3.67. The summed E-state index contributed by atoms with van der Waals surface area (Å²) < 4.78 is 1.45. The number of hydrogen-bond donors (Lipinski definition) is 1. The van der Waals surface area contributed by atoms with Crippen LogP contribution in [0.3, 0.4) is 0 Å². The van der Waals surface area contributed by atoms with Crippen LogP contribution in [0.5, 0.6) is 0 Å². The fraction of sp³-hybridized carbons (Fsp3) is 0.579. The van der Waals surface area contributed by atoms with Crippen molar-refractivity contribution in [2.45, 2.75) is 45.4 Å². The van der Waals surface area contributed by atoms with Crippen molar-refractivity contribution < 1.29 is 0 Å². The molecule has 2 unspecified atom stereocenters. The molecule has 0 spiro atoms. The summed E-state index contributed by atoms with van der Waals surface area (Å²) >= 11 is 1.91. The van der Waals surface area contributed by atoms with E-state index < -0.39 is 0 Å². The molecule has 1 fully saturated rings. The molecule has 3 rings (SSSR count). The average molecular weight is 301 g/mol. The minimum atomic E-state index is 0.876. The Morgan fingerprint density at radius 2 is 1.95 bits per heavy atom. The van der Waals surface area contributed by atoms with Gasteiger partial charge in [0.25, 0.3) is 0 Å². The first-order valence-electron chi connectivity index (χ1n) is 8.54. The highest BCUT2D eigenvalue weighted by molar-refractivity contribution is 7.17. The summed E-state index contributed by atoms with van der Waals surface area (Å²) in [4.78, 5) is 0. The lowest BCUT2D eigenvalue weighted by Gasteiger charge is -2.32. The van der Waals surface area contributed by atoms with E-state index in [0.29, 0.717) is 0 Å². The molecule has 1 heterocycles. The van der Waals surface area contributed by atoms with E-state index in [1.165, 1.54) is 61.7 Å². The van der Waals surface area contributed by atoms with E-state index in [9.17, 15) is 0 Å². The van der Waals surface area contributed by atoms with Crippen molar-refractivity contribution in [3.63, 3.8) is 0 Å². The second-order valence-corrected chi connectivity index (χ2v) is 7.38. The molecule has 1 aliphatic rings. The predicted octanol–water partition coefficient (Wildman–Crippen LogP) is 5.25. The van der Waals surface area contributed by atoms with Crippen LogP contribution < -0.4 is 5.32 Å². The van der Waals surface area contributed by atoms with Crippen LogP contribution in [-0.4, -0.2) is 13.1 Å². The third-order valence-electron chi connectivity index (χ3n) is 4.94. The molecule has 0 aliphatic heterocycles. The van der Waals surface area contributed by atoms with Crippen LogP contribution in [0.1, 0.15) is 44.6 Å². The first kappa shape index (κ1) is 15.1. The van der Waals surface area contributed by atoms with Gasteiger partial charge in [-0.2, -0.15) is 0 Å². The summed E-state index contributed by atoms with van der Waals surface area (Å²) in [5.74, 6) is 1.75. The maximum absolute atomic E-state index is 3.65. The Labute approximate surface area is 132 Å². The molecule has 1 aliphatic carbocycles. The monoisotopic (exact) mass is 301 g/mol. The van der Waals surface area contributed by atoms with E-state index in [-0.39, 0.29) is 0 Å². The normalized spacial score (nSPS) is 22.7. The van der Waals surface area contributed by atoms with E-state index >= 15 is 0 Å². The van der Waals surface area contributed by atoms with Gasteiger partial charge in [-0.1, -0.05) is 38.0 Å². The van der Waals surface area contributed by atoms with Crippen molar-refractivity contribution in [2.75, 3.05) is 13.1 Å². The third-order valence-corrected chi connectivity index (χ3v) is 5.96. The number of thiophene rings is 1. The zero-order valence-electron chi connectivity index (χ0n) is 13.1. The molecule has 21 heavy (non-hydrogen) atoms. The van der Waals surface area contributed by atoms with Crippen molar-refractivity contribution in [1.82, 2.24) is 5.32 Å². The molecule has 1 aromatic carbocycles. The number of benzene rings is 1. The quantitative estimate of drug-likeness (QED) is 0.719. The molecular formula is C19H27NS. The minimum Gasteiger partial charge on any atom is -0.316 e. The lowest BCUT2D eigenvalue weighted by Crippen LogP contribution is -2.32. The molecule has 1 nitrogen and oxygen atoms in total. The van der Waals surface area contributed by atoms with Crippen LogP contribution in [0.4, 0.5) is 0 Å². The molecule has 1 N–H and O–H groups in total. The van der Waals surface area contributed by atoms with E-state index in [1.54, 1.807) is 5.56 Å². The topological polar surface area (TPSA) is 12.0 Å². The molecule has 1 aromatic heterocycles. The lowest BCUT2D eigenvalue weighted by atomic mass is 9.76. The Bertz CT molecular complexity index is 559. The molecule has 0 radical (unpaired) electrons. The van der Waals surface area contributed by atoms with Gasteiger partial charge in [0, 0.05) is 4.70 Å². The van der Waals surface area contributed by atoms with Crippen molar-refractivity contribution in [2.24, 2.45) is 11.8 Å². The van der Waals surface area contributed by atoms with Crippen LogP contribution >= 0.6 is 11.3 Å². The van der Waals surface area contributed by atoms with E-state index in [0.717, 1.165) is 11.8 Å². The Morgan fingerprint density at radius 1 is 1.14 bits per heavy atom. The molecule has 2 aromatic rings. The van der Waals surface area contributed by atoms with Crippen LogP contribution in [-0.2, 0) is 6.42 Å². The molecule has 114 valence electrons. The molecule has 0 amide bonds. The number of nitrogens with one attached hydrogen (secondary N) is 1. The Kier molecular flexibility index (Phi) is 5.32. The highest BCUT2D eigenvalue weighted by Gasteiger charge is 2.25. The molecule has 0 saturated heterocycles. The van der Waals surface area contributed by atoms with Gasteiger partial charge >= 0.3 is 0 Å². The fourth-order valence-corrected chi connectivity index (χ4v) is 4.74. The van der Waals surface area contributed by atoms with Crippen LogP contribution in [0.25, 0.3) is 10.1 Å². The zero-order chi connectivity index (χ0) is 14.5. The van der Waals surface area contributed by atoms with E-state index in [2.05, 4.69) is 41.9 Å². The number of fused-ring (bicyclic) bond motifs is 1. The van der Waals surface area contributed by atoms with E-state index in [4.69, 9.17) is 0 Å². The minimum absolute atomic E-state index is 0.876. The van der Waals surface area contributed by atoms with Gasteiger partial charge in [-0.15, -0.1) is 11.3 Å². The predicted molar refractivity (Wildman–Crippen MR) is 94.1 cm³/mol. The first-order valence-corrected chi connectivity index (χ1v) is 9.42. The summed E-state index contributed by atoms with van der Waals surface area (Å²) in [5, 5.41) is 7.55. The standard InChI is InChI=1S/C19H27NS/c1-2-11-20-13-16-8-4-3-7-15(16)12-17-14-21-19-10-6-5-9-18(17)19/h5-6,9-10,14-16,20H,2-4,7-8,11-13H2,1H3. The van der Waals surface area contributed by atoms with E-state index in [1.807, 2.05) is 11.3 Å². The molecule has 2 heteroatoms. The van der Waals surface area contributed by atoms with Gasteiger partial charge in [0.2, 0.25) is 0 Å². The SMILES string of the molecule is CCCNCC1CCCCC1Cc1csc2ccccc12. The van der Waals surface area contributed by atoms with Crippen LogP contribution in [0, 0.1) is 11.8 Å². The highest BCUT2D eigenvalue weighted by Crippen LogP contribution is 2.35. The van der Waals surface area contributed by atoms with Gasteiger partial charge in [-0.25, -0.2) is 0 Å². The summed E-state index contributed by atoms with van der Waals surface area (Å²) in [5.41, 5.74) is 1.59. The fourth-order valence-electron chi connectivity index (χ4n) is 3.76. The Hall–Kier alpha value is -0.860. The van der Waals surface area contributed by atoms with Crippen molar-refractivity contribution >= 4 is 21.4 Å². The molecule has 0 bridgehead atoms. The van der Waals surface area contributed by atoms with Gasteiger partial charge in [0.15, 0.2) is 0 Å². The highest BCUT2D eigenvalue weighted by atomic mass is 32.1. The zero-order valence-corrected chi connectivity index (χ0v) is 13.9. The van der Waals surface area contributed by atoms with Gasteiger partial charge in [0.1, 0.15) is 0 Å². The number of hydrogen-bond acceptors (Lipinski definition) is 2. The first-order chi connectivity index (χ1) is 10.4. The summed E-state index contributed by atoms with van der Waals surface area (Å²) in [6.45, 7) is 4.65. The smallest absolute Gasteiger partial charge is 0.0345 e. The molecule has 1 saturated carbocycles. The van der Waals surface area contributed by atoms with Gasteiger partial charge in [0.05, 0.1) is 0 Å². The maximum Gasteiger partial charge on any atom is 0.0345 e. The van der Waals surface area contributed by atoms with Gasteiger partial charge in [-0.3, -0.25) is 0 Å². The van der Waals surface area contributed by atoms with Crippen molar-refractivity contribution in [3.8, 4) is 0 Å². The Morgan fingerprint density at radius 3 is 2.81 bits per heavy atom. The average Bonchev–Trinajstić information content (AvgIpc) is 2.93.